The molecule has 0 aromatic rings. The van der Waals surface area contributed by atoms with Crippen molar-refractivity contribution in [3.05, 3.63) is 0 Å². The van der Waals surface area contributed by atoms with Gasteiger partial charge >= 0.3 is 7.82 Å². The van der Waals surface area contributed by atoms with Gasteiger partial charge in [0.2, 0.25) is 0 Å². The van der Waals surface area contributed by atoms with Crippen molar-refractivity contribution < 1.29 is 28.1 Å². The van der Waals surface area contributed by atoms with Crippen LogP contribution >= 0.6 is 7.82 Å². The van der Waals surface area contributed by atoms with E-state index < -0.39 is 7.82 Å². The lowest BCUT2D eigenvalue weighted by Crippen LogP contribution is -2.43. The van der Waals surface area contributed by atoms with E-state index in [1.807, 2.05) is 14.1 Å². The van der Waals surface area contributed by atoms with Crippen LogP contribution in [-0.4, -0.2) is 67.8 Å². The standard InChI is InChI=1S/C9H23N2O5P/c1-11(2,6-9-15-8-4-10)5-3-7-16-17(12,13)14/h3-10H2,1-2H3,(H-,12,13,14)/p+1. The monoisotopic (exact) mass is 271 g/mol. The van der Waals surface area contributed by atoms with Gasteiger partial charge in [0.1, 0.15) is 6.54 Å². The Balaban J connectivity index is 3.60. The molecule has 17 heavy (non-hydrogen) atoms. The van der Waals surface area contributed by atoms with Crippen LogP contribution in [0, 0.1) is 0 Å². The number of quaternary nitrogens is 1. The molecule has 0 saturated carbocycles. The molecule has 0 aromatic carbocycles. The van der Waals surface area contributed by atoms with E-state index in [9.17, 15) is 4.57 Å². The third kappa shape index (κ3) is 12.2. The first-order chi connectivity index (χ1) is 7.77. The van der Waals surface area contributed by atoms with Gasteiger partial charge in [-0.1, -0.05) is 0 Å². The van der Waals surface area contributed by atoms with E-state index in [1.165, 1.54) is 0 Å². The number of nitrogens with two attached hydrogens (primary N) is 1. The summed E-state index contributed by atoms with van der Waals surface area (Å²) in [7, 11) is -0.261. The lowest BCUT2D eigenvalue weighted by atomic mass is 10.3. The van der Waals surface area contributed by atoms with Crippen LogP contribution in [-0.2, 0) is 13.8 Å². The Bertz CT molecular complexity index is 244. The lowest BCUT2D eigenvalue weighted by molar-refractivity contribution is -0.890. The number of hydrogen-bond acceptors (Lipinski definition) is 4. The zero-order chi connectivity index (χ0) is 13.4. The van der Waals surface area contributed by atoms with Crippen molar-refractivity contribution in [1.29, 1.82) is 0 Å². The average Bonchev–Trinajstić information content (AvgIpc) is 2.18. The zero-order valence-corrected chi connectivity index (χ0v) is 11.4. The summed E-state index contributed by atoms with van der Waals surface area (Å²) in [5, 5.41) is 0. The highest BCUT2D eigenvalue weighted by atomic mass is 31.2. The smallest absolute Gasteiger partial charge is 0.374 e. The summed E-state index contributed by atoms with van der Waals surface area (Å²) in [6.07, 6.45) is 0.592. The number of hydrogen-bond donors (Lipinski definition) is 3. The van der Waals surface area contributed by atoms with Crippen LogP contribution in [0.4, 0.5) is 0 Å². The molecule has 0 rings (SSSR count). The first-order valence-corrected chi connectivity index (χ1v) is 7.10. The number of likely N-dealkylation sites (N-methyl/N-ethyl adjacent to an activating group) is 1. The summed E-state index contributed by atoms with van der Waals surface area (Å²) in [6.45, 7) is 3.37. The Morgan fingerprint density at radius 2 is 1.82 bits per heavy atom. The van der Waals surface area contributed by atoms with E-state index >= 15 is 0 Å². The van der Waals surface area contributed by atoms with Gasteiger partial charge in [-0.2, -0.15) is 0 Å². The number of ether oxygens (including phenoxy) is 1. The van der Waals surface area contributed by atoms with Gasteiger partial charge in [-0.3, -0.25) is 4.52 Å². The van der Waals surface area contributed by atoms with Gasteiger partial charge in [0.25, 0.3) is 0 Å². The fourth-order valence-corrected chi connectivity index (χ4v) is 1.65. The molecule has 4 N–H and O–H groups in total. The van der Waals surface area contributed by atoms with E-state index in [2.05, 4.69) is 4.52 Å². The third-order valence-corrected chi connectivity index (χ3v) is 2.79. The second kappa shape index (κ2) is 8.16. The molecule has 0 aromatic heterocycles. The highest BCUT2D eigenvalue weighted by molar-refractivity contribution is 7.46. The second-order valence-corrected chi connectivity index (χ2v) is 5.70. The molecule has 0 fully saturated rings. The van der Waals surface area contributed by atoms with Crippen LogP contribution in [0.3, 0.4) is 0 Å². The van der Waals surface area contributed by atoms with Crippen LogP contribution in [0.1, 0.15) is 6.42 Å². The molecule has 0 aliphatic heterocycles. The van der Waals surface area contributed by atoms with Gasteiger partial charge in [0, 0.05) is 13.0 Å². The minimum Gasteiger partial charge on any atom is -0.374 e. The highest BCUT2D eigenvalue weighted by Gasteiger charge is 2.17. The van der Waals surface area contributed by atoms with Gasteiger partial charge < -0.3 is 24.7 Å². The van der Waals surface area contributed by atoms with Gasteiger partial charge in [-0.15, -0.1) is 0 Å². The molecule has 7 nitrogen and oxygen atoms in total. The molecular formula is C9H24N2O5P+. The van der Waals surface area contributed by atoms with E-state index in [1.54, 1.807) is 0 Å². The van der Waals surface area contributed by atoms with E-state index in [0.717, 1.165) is 17.6 Å². The third-order valence-electron chi connectivity index (χ3n) is 2.27. The normalized spacial score (nSPS) is 13.0. The van der Waals surface area contributed by atoms with Crippen molar-refractivity contribution in [3.63, 3.8) is 0 Å². The first kappa shape index (κ1) is 17.0. The van der Waals surface area contributed by atoms with Crippen molar-refractivity contribution in [2.24, 2.45) is 5.73 Å². The fraction of sp³-hybridized carbons (Fsp3) is 1.00. The zero-order valence-electron chi connectivity index (χ0n) is 10.5. The molecular weight excluding hydrogens is 247 g/mol. The second-order valence-electron chi connectivity index (χ2n) is 4.46. The number of nitrogens with zero attached hydrogens (tertiary/aromatic N) is 1. The Kier molecular flexibility index (Phi) is 8.15. The van der Waals surface area contributed by atoms with Crippen molar-refractivity contribution in [3.8, 4) is 0 Å². The van der Waals surface area contributed by atoms with Crippen molar-refractivity contribution in [1.82, 2.24) is 0 Å². The Labute approximate surface area is 102 Å². The highest BCUT2D eigenvalue weighted by Crippen LogP contribution is 2.35. The van der Waals surface area contributed by atoms with Crippen molar-refractivity contribution in [2.75, 3.05) is 53.6 Å². The minimum atomic E-state index is -4.32. The first-order valence-electron chi connectivity index (χ1n) is 5.57. The maximum absolute atomic E-state index is 10.4. The van der Waals surface area contributed by atoms with Gasteiger partial charge in [0.05, 0.1) is 40.5 Å². The fourth-order valence-electron chi connectivity index (χ4n) is 1.28. The van der Waals surface area contributed by atoms with E-state index in [4.69, 9.17) is 20.3 Å². The Morgan fingerprint density at radius 3 is 2.35 bits per heavy atom. The molecule has 0 aliphatic rings. The van der Waals surface area contributed by atoms with Crippen LogP contribution in [0.15, 0.2) is 0 Å². The predicted octanol–water partition coefficient (Wildman–Crippen LogP) is -0.462. The molecule has 0 saturated heterocycles. The van der Waals surface area contributed by atoms with Gasteiger partial charge in [0.15, 0.2) is 0 Å². The minimum absolute atomic E-state index is 0.0651. The topological polar surface area (TPSA) is 102 Å². The largest absolute Gasteiger partial charge is 0.469 e. The van der Waals surface area contributed by atoms with Crippen molar-refractivity contribution >= 4 is 7.82 Å². The molecule has 0 unspecified atom stereocenters. The summed E-state index contributed by atoms with van der Waals surface area (Å²) < 4.78 is 20.8. The molecule has 0 bridgehead atoms. The molecule has 104 valence electrons. The summed E-state index contributed by atoms with van der Waals surface area (Å²) in [6, 6.07) is 0. The summed E-state index contributed by atoms with van der Waals surface area (Å²) in [5.74, 6) is 0. The Hall–Kier alpha value is -0.0100. The molecule has 0 heterocycles. The molecule has 8 heteroatoms. The molecule has 0 radical (unpaired) electrons. The summed E-state index contributed by atoms with van der Waals surface area (Å²) in [4.78, 5) is 17.0. The average molecular weight is 271 g/mol. The Morgan fingerprint density at radius 1 is 1.18 bits per heavy atom. The number of phosphoric ester groups is 1. The van der Waals surface area contributed by atoms with Crippen LogP contribution in [0.5, 0.6) is 0 Å². The van der Waals surface area contributed by atoms with Gasteiger partial charge in [-0.05, 0) is 0 Å². The van der Waals surface area contributed by atoms with Gasteiger partial charge in [-0.25, -0.2) is 4.57 Å². The number of rotatable bonds is 10. The molecule has 0 amide bonds. The molecule has 0 spiro atoms. The molecule has 0 atom stereocenters. The maximum atomic E-state index is 10.4. The van der Waals surface area contributed by atoms with Crippen LogP contribution in [0.25, 0.3) is 0 Å². The predicted molar refractivity (Wildman–Crippen MR) is 64.3 cm³/mol. The quantitative estimate of drug-likeness (QED) is 0.282. The van der Waals surface area contributed by atoms with Crippen LogP contribution in [0.2, 0.25) is 0 Å². The van der Waals surface area contributed by atoms with E-state index in [0.29, 0.717) is 26.2 Å². The van der Waals surface area contributed by atoms with E-state index in [-0.39, 0.29) is 6.61 Å². The van der Waals surface area contributed by atoms with Crippen LogP contribution < -0.4 is 5.73 Å². The maximum Gasteiger partial charge on any atom is 0.469 e. The van der Waals surface area contributed by atoms with Crippen molar-refractivity contribution in [2.45, 2.75) is 6.42 Å². The number of phosphoric acid groups is 1. The SMILES string of the molecule is C[N+](C)(CCCOP(=O)(O)O)CCOCCN. The molecule has 0 aliphatic carbocycles. The summed E-state index contributed by atoms with van der Waals surface area (Å²) >= 11 is 0. The summed E-state index contributed by atoms with van der Waals surface area (Å²) in [5.41, 5.74) is 5.30. The lowest BCUT2D eigenvalue weighted by Gasteiger charge is -2.29.